The van der Waals surface area contributed by atoms with Gasteiger partial charge in [0.1, 0.15) is 5.82 Å². The fourth-order valence-corrected chi connectivity index (χ4v) is 3.20. The average molecular weight is 294 g/mol. The van der Waals surface area contributed by atoms with Crippen LogP contribution in [0.15, 0.2) is 24.3 Å². The number of hydrogen-bond acceptors (Lipinski definition) is 3. The first-order valence-electron chi connectivity index (χ1n) is 7.66. The van der Waals surface area contributed by atoms with Crippen LogP contribution in [0, 0.1) is 5.82 Å². The topological polar surface area (TPSA) is 38.5 Å². The number of rotatable bonds is 5. The van der Waals surface area contributed by atoms with E-state index in [1.54, 1.807) is 13.2 Å². The largest absolute Gasteiger partial charge is 0.377 e. The molecule has 2 rings (SSSR count). The van der Waals surface area contributed by atoms with Gasteiger partial charge in [0.25, 0.3) is 0 Å². The summed E-state index contributed by atoms with van der Waals surface area (Å²) < 4.78 is 19.6. The maximum atomic E-state index is 14.0. The Kier molecular flexibility index (Phi) is 5.02. The van der Waals surface area contributed by atoms with E-state index in [0.717, 1.165) is 31.5 Å². The average Bonchev–Trinajstić information content (AvgIpc) is 2.49. The zero-order chi connectivity index (χ0) is 15.5. The van der Waals surface area contributed by atoms with Crippen LogP contribution >= 0.6 is 0 Å². The molecular weight excluding hydrogens is 267 g/mol. The first kappa shape index (κ1) is 16.4. The molecule has 1 aromatic rings. The van der Waals surface area contributed by atoms with E-state index in [-0.39, 0.29) is 17.0 Å². The lowest BCUT2D eigenvalue weighted by Crippen LogP contribution is -2.60. The van der Waals surface area contributed by atoms with Crippen molar-refractivity contribution >= 4 is 0 Å². The molecule has 0 aromatic heterocycles. The lowest BCUT2D eigenvalue weighted by atomic mass is 9.85. The SMILES string of the molecule is COC1(C)CCCN(C(C)(CN)Cc2ccccc2F)C1. The molecule has 2 atom stereocenters. The maximum absolute atomic E-state index is 14.0. The van der Waals surface area contributed by atoms with Crippen molar-refractivity contribution in [2.45, 2.75) is 44.2 Å². The molecule has 0 radical (unpaired) electrons. The molecule has 0 spiro atoms. The van der Waals surface area contributed by atoms with Crippen molar-refractivity contribution in [3.63, 3.8) is 0 Å². The van der Waals surface area contributed by atoms with Crippen LogP contribution in [-0.4, -0.2) is 42.8 Å². The van der Waals surface area contributed by atoms with Crippen molar-refractivity contribution in [3.8, 4) is 0 Å². The molecule has 0 amide bonds. The molecule has 1 aromatic carbocycles. The second kappa shape index (κ2) is 6.42. The Labute approximate surface area is 127 Å². The molecule has 4 heteroatoms. The quantitative estimate of drug-likeness (QED) is 0.907. The molecule has 2 unspecified atom stereocenters. The molecule has 1 fully saturated rings. The molecule has 118 valence electrons. The zero-order valence-corrected chi connectivity index (χ0v) is 13.4. The van der Waals surface area contributed by atoms with E-state index in [1.165, 1.54) is 6.07 Å². The van der Waals surface area contributed by atoms with Crippen molar-refractivity contribution < 1.29 is 9.13 Å². The number of ether oxygens (including phenoxy) is 1. The van der Waals surface area contributed by atoms with Gasteiger partial charge in [-0.1, -0.05) is 18.2 Å². The highest BCUT2D eigenvalue weighted by Gasteiger charge is 2.39. The number of benzene rings is 1. The van der Waals surface area contributed by atoms with Crippen LogP contribution in [0.3, 0.4) is 0 Å². The van der Waals surface area contributed by atoms with Gasteiger partial charge in [0.05, 0.1) is 5.60 Å². The van der Waals surface area contributed by atoms with Gasteiger partial charge in [-0.3, -0.25) is 4.90 Å². The van der Waals surface area contributed by atoms with E-state index in [2.05, 4.69) is 18.7 Å². The zero-order valence-electron chi connectivity index (χ0n) is 13.4. The highest BCUT2D eigenvalue weighted by Crippen LogP contribution is 2.31. The van der Waals surface area contributed by atoms with Gasteiger partial charge in [-0.15, -0.1) is 0 Å². The molecule has 1 aliphatic rings. The van der Waals surface area contributed by atoms with Gasteiger partial charge in [0.2, 0.25) is 0 Å². The number of piperidine rings is 1. The molecule has 0 aliphatic carbocycles. The number of hydrogen-bond donors (Lipinski definition) is 1. The van der Waals surface area contributed by atoms with E-state index >= 15 is 0 Å². The van der Waals surface area contributed by atoms with Crippen molar-refractivity contribution in [3.05, 3.63) is 35.6 Å². The predicted octanol–water partition coefficient (Wildman–Crippen LogP) is 2.59. The molecule has 3 nitrogen and oxygen atoms in total. The van der Waals surface area contributed by atoms with Gasteiger partial charge in [-0.2, -0.15) is 0 Å². The molecule has 1 saturated heterocycles. The fraction of sp³-hybridized carbons (Fsp3) is 0.647. The Bertz CT molecular complexity index is 482. The van der Waals surface area contributed by atoms with Crippen molar-refractivity contribution in [1.29, 1.82) is 0 Å². The molecular formula is C17H27FN2O. The van der Waals surface area contributed by atoms with E-state index in [4.69, 9.17) is 10.5 Å². The van der Waals surface area contributed by atoms with Crippen LogP contribution in [0.5, 0.6) is 0 Å². The first-order chi connectivity index (χ1) is 9.92. The third-order valence-electron chi connectivity index (χ3n) is 4.88. The minimum absolute atomic E-state index is 0.135. The summed E-state index contributed by atoms with van der Waals surface area (Å²) in [4.78, 5) is 2.37. The highest BCUT2D eigenvalue weighted by molar-refractivity contribution is 5.20. The monoisotopic (exact) mass is 294 g/mol. The molecule has 1 aliphatic heterocycles. The molecule has 1 heterocycles. The smallest absolute Gasteiger partial charge is 0.126 e. The lowest BCUT2D eigenvalue weighted by Gasteiger charge is -2.48. The normalized spacial score (nSPS) is 26.5. The summed E-state index contributed by atoms with van der Waals surface area (Å²) >= 11 is 0. The molecule has 2 N–H and O–H groups in total. The maximum Gasteiger partial charge on any atom is 0.126 e. The summed E-state index contributed by atoms with van der Waals surface area (Å²) in [6.07, 6.45) is 2.76. The third-order valence-corrected chi connectivity index (χ3v) is 4.88. The number of halogens is 1. The summed E-state index contributed by atoms with van der Waals surface area (Å²) in [5.74, 6) is -0.149. The van der Waals surface area contributed by atoms with Crippen LogP contribution in [0.25, 0.3) is 0 Å². The number of methoxy groups -OCH3 is 1. The summed E-state index contributed by atoms with van der Waals surface area (Å²) in [5, 5.41) is 0. The highest BCUT2D eigenvalue weighted by atomic mass is 19.1. The van der Waals surface area contributed by atoms with Crippen molar-refractivity contribution in [1.82, 2.24) is 4.90 Å². The summed E-state index contributed by atoms with van der Waals surface area (Å²) in [6.45, 7) is 6.59. The van der Waals surface area contributed by atoms with Gasteiger partial charge in [0.15, 0.2) is 0 Å². The van der Waals surface area contributed by atoms with Crippen molar-refractivity contribution in [2.75, 3.05) is 26.7 Å². The van der Waals surface area contributed by atoms with E-state index in [9.17, 15) is 4.39 Å². The Morgan fingerprint density at radius 1 is 1.43 bits per heavy atom. The van der Waals surface area contributed by atoms with Crippen LogP contribution in [0.1, 0.15) is 32.3 Å². The van der Waals surface area contributed by atoms with Crippen molar-refractivity contribution in [2.24, 2.45) is 5.73 Å². The Morgan fingerprint density at radius 2 is 2.14 bits per heavy atom. The minimum Gasteiger partial charge on any atom is -0.377 e. The molecule has 0 saturated carbocycles. The van der Waals surface area contributed by atoms with E-state index < -0.39 is 0 Å². The van der Waals surface area contributed by atoms with E-state index in [0.29, 0.717) is 13.0 Å². The minimum atomic E-state index is -0.248. The number of likely N-dealkylation sites (tertiary alicyclic amines) is 1. The Balaban J connectivity index is 2.19. The predicted molar refractivity (Wildman–Crippen MR) is 83.8 cm³/mol. The summed E-state index contributed by atoms with van der Waals surface area (Å²) in [7, 11) is 1.76. The number of nitrogens with zero attached hydrogens (tertiary/aromatic N) is 1. The Hall–Kier alpha value is -0.970. The summed E-state index contributed by atoms with van der Waals surface area (Å²) in [5.41, 5.74) is 6.41. The van der Waals surface area contributed by atoms with Crippen LogP contribution < -0.4 is 5.73 Å². The first-order valence-corrected chi connectivity index (χ1v) is 7.66. The second-order valence-electron chi connectivity index (χ2n) is 6.65. The van der Waals surface area contributed by atoms with Gasteiger partial charge in [-0.05, 0) is 51.3 Å². The lowest BCUT2D eigenvalue weighted by molar-refractivity contribution is -0.0768. The van der Waals surface area contributed by atoms with Crippen LogP contribution in [-0.2, 0) is 11.2 Å². The summed E-state index contributed by atoms with van der Waals surface area (Å²) in [6, 6.07) is 6.97. The fourth-order valence-electron chi connectivity index (χ4n) is 3.20. The van der Waals surface area contributed by atoms with Gasteiger partial charge >= 0.3 is 0 Å². The second-order valence-corrected chi connectivity index (χ2v) is 6.65. The molecule has 21 heavy (non-hydrogen) atoms. The van der Waals surface area contributed by atoms with E-state index in [1.807, 2.05) is 12.1 Å². The van der Waals surface area contributed by atoms with Gasteiger partial charge < -0.3 is 10.5 Å². The van der Waals surface area contributed by atoms with Gasteiger partial charge in [-0.25, -0.2) is 4.39 Å². The third kappa shape index (κ3) is 3.62. The van der Waals surface area contributed by atoms with Gasteiger partial charge in [0, 0.05) is 25.7 Å². The number of nitrogens with two attached hydrogens (primary N) is 1. The molecule has 0 bridgehead atoms. The van der Waals surface area contributed by atoms with Crippen LogP contribution in [0.2, 0.25) is 0 Å². The standard InChI is InChI=1S/C17H27FN2O/c1-16(12-19,11-14-7-4-5-8-15(14)18)20-10-6-9-17(2,13-20)21-3/h4-5,7-8H,6,9-13,19H2,1-3H3. The van der Waals surface area contributed by atoms with Crippen LogP contribution in [0.4, 0.5) is 4.39 Å². The Morgan fingerprint density at radius 3 is 2.76 bits per heavy atom.